The molecule has 84 valence electrons. The zero-order valence-corrected chi connectivity index (χ0v) is 8.87. The molecule has 6 nitrogen and oxygen atoms in total. The predicted molar refractivity (Wildman–Crippen MR) is 52.9 cm³/mol. The van der Waals surface area contributed by atoms with Crippen molar-refractivity contribution in [1.29, 1.82) is 0 Å². The van der Waals surface area contributed by atoms with Crippen LogP contribution in [0, 0.1) is 0 Å². The van der Waals surface area contributed by atoms with Crippen LogP contribution in [0.25, 0.3) is 0 Å². The molecular formula is C8H12ClN3O3. The Hall–Kier alpha value is -0.850. The van der Waals surface area contributed by atoms with Crippen LogP contribution in [0.4, 0.5) is 6.01 Å². The number of nitrogens with one attached hydrogen (secondary N) is 1. The van der Waals surface area contributed by atoms with E-state index < -0.39 is 0 Å². The van der Waals surface area contributed by atoms with E-state index in [1.165, 1.54) is 0 Å². The molecule has 1 aliphatic heterocycles. The lowest BCUT2D eigenvalue weighted by Gasteiger charge is -2.12. The monoisotopic (exact) mass is 233 g/mol. The maximum atomic E-state index is 5.54. The van der Waals surface area contributed by atoms with Crippen LogP contribution in [0.3, 0.4) is 0 Å². The summed E-state index contributed by atoms with van der Waals surface area (Å²) in [5, 5.41) is 10.5. The van der Waals surface area contributed by atoms with Gasteiger partial charge in [-0.2, -0.15) is 0 Å². The van der Waals surface area contributed by atoms with E-state index in [4.69, 9.17) is 25.5 Å². The summed E-state index contributed by atoms with van der Waals surface area (Å²) in [4.78, 5) is 0. The number of hydrogen-bond acceptors (Lipinski definition) is 6. The van der Waals surface area contributed by atoms with Gasteiger partial charge in [-0.3, -0.25) is 0 Å². The minimum Gasteiger partial charge on any atom is -0.407 e. The molecule has 1 N–H and O–H groups in total. The van der Waals surface area contributed by atoms with Gasteiger partial charge in [0.05, 0.1) is 32.5 Å². The van der Waals surface area contributed by atoms with Crippen molar-refractivity contribution < 1.29 is 13.9 Å². The summed E-state index contributed by atoms with van der Waals surface area (Å²) in [5.41, 5.74) is 0. The van der Waals surface area contributed by atoms with E-state index in [0.29, 0.717) is 38.3 Å². The Morgan fingerprint density at radius 3 is 2.60 bits per heavy atom. The van der Waals surface area contributed by atoms with Gasteiger partial charge < -0.3 is 19.2 Å². The molecular weight excluding hydrogens is 222 g/mol. The Balaban J connectivity index is 1.89. The first kappa shape index (κ1) is 10.7. The highest BCUT2D eigenvalue weighted by Gasteiger charge is 2.15. The minimum atomic E-state index is 0.0381. The first-order valence-corrected chi connectivity index (χ1v) is 5.22. The van der Waals surface area contributed by atoms with Crippen molar-refractivity contribution in [3.63, 3.8) is 0 Å². The van der Waals surface area contributed by atoms with Gasteiger partial charge in [0.1, 0.15) is 5.88 Å². The SMILES string of the molecule is ClCc1nnc(NC2COCCOC2)o1. The van der Waals surface area contributed by atoms with Crippen molar-refractivity contribution in [1.82, 2.24) is 10.2 Å². The molecule has 0 bridgehead atoms. The van der Waals surface area contributed by atoms with E-state index in [1.54, 1.807) is 0 Å². The molecule has 2 heterocycles. The highest BCUT2D eigenvalue weighted by Crippen LogP contribution is 2.09. The Morgan fingerprint density at radius 2 is 2.00 bits per heavy atom. The van der Waals surface area contributed by atoms with Gasteiger partial charge in [0, 0.05) is 0 Å². The normalized spacial score (nSPS) is 18.7. The molecule has 0 aliphatic carbocycles. The molecule has 2 rings (SSSR count). The maximum Gasteiger partial charge on any atom is 0.315 e. The predicted octanol–water partition coefficient (Wildman–Crippen LogP) is 0.636. The number of ether oxygens (including phenoxy) is 2. The molecule has 0 radical (unpaired) electrons. The first-order valence-electron chi connectivity index (χ1n) is 4.69. The molecule has 1 fully saturated rings. The Labute approximate surface area is 91.9 Å². The highest BCUT2D eigenvalue weighted by molar-refractivity contribution is 6.16. The lowest BCUT2D eigenvalue weighted by molar-refractivity contribution is 0.103. The van der Waals surface area contributed by atoms with Crippen LogP contribution in [0.1, 0.15) is 5.89 Å². The van der Waals surface area contributed by atoms with Crippen LogP contribution in [0.5, 0.6) is 0 Å². The Kier molecular flexibility index (Phi) is 3.76. The van der Waals surface area contributed by atoms with Crippen LogP contribution in [0.2, 0.25) is 0 Å². The van der Waals surface area contributed by atoms with E-state index in [9.17, 15) is 0 Å². The third kappa shape index (κ3) is 3.05. The van der Waals surface area contributed by atoms with Crippen molar-refractivity contribution in [2.24, 2.45) is 0 Å². The number of nitrogens with zero attached hydrogens (tertiary/aromatic N) is 2. The molecule has 0 aromatic carbocycles. The summed E-state index contributed by atoms with van der Waals surface area (Å²) in [6.07, 6.45) is 0. The summed E-state index contributed by atoms with van der Waals surface area (Å²) in [6, 6.07) is 0.390. The number of alkyl halides is 1. The van der Waals surface area contributed by atoms with Gasteiger partial charge in [-0.15, -0.1) is 16.7 Å². The molecule has 0 spiro atoms. The van der Waals surface area contributed by atoms with E-state index >= 15 is 0 Å². The van der Waals surface area contributed by atoms with E-state index in [-0.39, 0.29) is 11.9 Å². The van der Waals surface area contributed by atoms with Gasteiger partial charge in [0.25, 0.3) is 0 Å². The summed E-state index contributed by atoms with van der Waals surface area (Å²) in [6.45, 7) is 2.38. The molecule has 1 aromatic heterocycles. The van der Waals surface area contributed by atoms with Gasteiger partial charge in [-0.25, -0.2) is 0 Å². The lowest BCUT2D eigenvalue weighted by Crippen LogP contribution is -2.28. The number of halogens is 1. The molecule has 0 amide bonds. The first-order chi connectivity index (χ1) is 7.38. The fourth-order valence-corrected chi connectivity index (χ4v) is 1.35. The zero-order chi connectivity index (χ0) is 10.5. The molecule has 15 heavy (non-hydrogen) atoms. The molecule has 0 atom stereocenters. The minimum absolute atomic E-state index is 0.0381. The van der Waals surface area contributed by atoms with Crippen LogP contribution in [0.15, 0.2) is 4.42 Å². The third-order valence-electron chi connectivity index (χ3n) is 1.92. The third-order valence-corrected chi connectivity index (χ3v) is 2.15. The highest BCUT2D eigenvalue weighted by atomic mass is 35.5. The van der Waals surface area contributed by atoms with Crippen molar-refractivity contribution >= 4 is 17.6 Å². The van der Waals surface area contributed by atoms with Crippen molar-refractivity contribution in [3.8, 4) is 0 Å². The van der Waals surface area contributed by atoms with Crippen LogP contribution in [-0.4, -0.2) is 42.7 Å². The number of hydrogen-bond donors (Lipinski definition) is 1. The molecule has 7 heteroatoms. The van der Waals surface area contributed by atoms with E-state index in [0.717, 1.165) is 0 Å². The second-order valence-corrected chi connectivity index (χ2v) is 3.39. The number of aromatic nitrogens is 2. The van der Waals surface area contributed by atoms with Crippen molar-refractivity contribution in [2.75, 3.05) is 31.7 Å². The molecule has 0 saturated carbocycles. The van der Waals surface area contributed by atoms with E-state index in [1.807, 2.05) is 0 Å². The van der Waals surface area contributed by atoms with Crippen molar-refractivity contribution in [3.05, 3.63) is 5.89 Å². The van der Waals surface area contributed by atoms with Gasteiger partial charge in [-0.1, -0.05) is 5.10 Å². The number of rotatable bonds is 3. The summed E-state index contributed by atoms with van der Waals surface area (Å²) >= 11 is 5.54. The second-order valence-electron chi connectivity index (χ2n) is 3.13. The average molecular weight is 234 g/mol. The smallest absolute Gasteiger partial charge is 0.315 e. The molecule has 1 aromatic rings. The average Bonchev–Trinajstić information content (AvgIpc) is 2.54. The molecule has 0 unspecified atom stereocenters. The largest absolute Gasteiger partial charge is 0.407 e. The second kappa shape index (κ2) is 5.29. The standard InChI is InChI=1S/C8H12ClN3O3/c9-3-7-11-12-8(15-7)10-6-4-13-1-2-14-5-6/h6H,1-5H2,(H,10,12). The lowest BCUT2D eigenvalue weighted by atomic mass is 10.3. The van der Waals surface area contributed by atoms with Crippen LogP contribution in [-0.2, 0) is 15.4 Å². The fourth-order valence-electron chi connectivity index (χ4n) is 1.24. The molecule has 1 saturated heterocycles. The van der Waals surface area contributed by atoms with Crippen LogP contribution >= 0.6 is 11.6 Å². The molecule has 1 aliphatic rings. The quantitative estimate of drug-likeness (QED) is 0.773. The summed E-state index contributed by atoms with van der Waals surface area (Å²) in [5.74, 6) is 0.612. The fraction of sp³-hybridized carbons (Fsp3) is 0.750. The van der Waals surface area contributed by atoms with Crippen LogP contribution < -0.4 is 5.32 Å². The number of anilines is 1. The maximum absolute atomic E-state index is 5.54. The van der Waals surface area contributed by atoms with Gasteiger partial charge in [0.2, 0.25) is 5.89 Å². The summed E-state index contributed by atoms with van der Waals surface area (Å²) < 4.78 is 15.8. The van der Waals surface area contributed by atoms with Crippen molar-refractivity contribution in [2.45, 2.75) is 11.9 Å². The topological polar surface area (TPSA) is 69.4 Å². The van der Waals surface area contributed by atoms with Gasteiger partial charge >= 0.3 is 6.01 Å². The summed E-state index contributed by atoms with van der Waals surface area (Å²) in [7, 11) is 0. The Bertz CT molecular complexity index is 299. The van der Waals surface area contributed by atoms with E-state index in [2.05, 4.69) is 15.5 Å². The Morgan fingerprint density at radius 1 is 1.27 bits per heavy atom. The van der Waals surface area contributed by atoms with Gasteiger partial charge in [0.15, 0.2) is 0 Å². The zero-order valence-electron chi connectivity index (χ0n) is 8.11. The van der Waals surface area contributed by atoms with Gasteiger partial charge in [-0.05, 0) is 0 Å².